The van der Waals surface area contributed by atoms with Crippen LogP contribution < -0.4 is 5.73 Å². The van der Waals surface area contributed by atoms with Crippen LogP contribution in [-0.4, -0.2) is 54.1 Å². The molecule has 1 saturated heterocycles. The largest absolute Gasteiger partial charge is 0.329 e. The zero-order chi connectivity index (χ0) is 11.6. The molecule has 0 spiro atoms. The van der Waals surface area contributed by atoms with Gasteiger partial charge in [-0.15, -0.1) is 0 Å². The fraction of sp³-hybridized carbons (Fsp3) is 1.00. The zero-order valence-electron chi connectivity index (χ0n) is 10.9. The van der Waals surface area contributed by atoms with Crippen LogP contribution >= 0.6 is 0 Å². The molecule has 0 atom stereocenters. The third-order valence-corrected chi connectivity index (χ3v) is 4.51. The molecule has 3 nitrogen and oxygen atoms in total. The number of nitrogens with zero attached hydrogens (tertiary/aromatic N) is 2. The van der Waals surface area contributed by atoms with Gasteiger partial charge in [0.15, 0.2) is 0 Å². The van der Waals surface area contributed by atoms with Crippen LogP contribution in [0.3, 0.4) is 0 Å². The second-order valence-electron chi connectivity index (χ2n) is 5.98. The van der Waals surface area contributed by atoms with Crippen LogP contribution in [0.4, 0.5) is 0 Å². The van der Waals surface area contributed by atoms with Gasteiger partial charge < -0.3 is 5.73 Å². The van der Waals surface area contributed by atoms with E-state index in [1.807, 2.05) is 0 Å². The van der Waals surface area contributed by atoms with Gasteiger partial charge in [0.05, 0.1) is 0 Å². The maximum atomic E-state index is 5.84. The average Bonchev–Trinajstić information content (AvgIpc) is 2.83. The van der Waals surface area contributed by atoms with E-state index in [0.717, 1.165) is 12.6 Å². The first-order valence-electron chi connectivity index (χ1n) is 6.83. The standard InChI is InChI=1S/C13H27N3/c1-13(2,11-14)16-9-7-15(8-10-16)12-5-3-4-6-12/h12H,3-11,14H2,1-2H3. The Labute approximate surface area is 100.0 Å². The summed E-state index contributed by atoms with van der Waals surface area (Å²) in [6.45, 7) is 10.2. The fourth-order valence-corrected chi connectivity index (χ4v) is 3.09. The lowest BCUT2D eigenvalue weighted by Gasteiger charge is -2.45. The summed E-state index contributed by atoms with van der Waals surface area (Å²) in [5.41, 5.74) is 6.02. The van der Waals surface area contributed by atoms with Gasteiger partial charge in [0.2, 0.25) is 0 Å². The predicted octanol–water partition coefficient (Wildman–Crippen LogP) is 1.28. The Morgan fingerprint density at radius 2 is 1.62 bits per heavy atom. The molecule has 1 heterocycles. The Hall–Kier alpha value is -0.120. The molecule has 0 aromatic rings. The number of hydrogen-bond donors (Lipinski definition) is 1. The van der Waals surface area contributed by atoms with E-state index in [1.165, 1.54) is 51.9 Å². The highest BCUT2D eigenvalue weighted by Crippen LogP contribution is 2.25. The van der Waals surface area contributed by atoms with Crippen LogP contribution in [0.15, 0.2) is 0 Å². The van der Waals surface area contributed by atoms with Crippen molar-refractivity contribution in [3.8, 4) is 0 Å². The van der Waals surface area contributed by atoms with Crippen molar-refractivity contribution in [3.63, 3.8) is 0 Å². The van der Waals surface area contributed by atoms with Gasteiger partial charge in [0, 0.05) is 44.3 Å². The third-order valence-electron chi connectivity index (χ3n) is 4.51. The molecule has 0 bridgehead atoms. The molecule has 0 aromatic heterocycles. The third kappa shape index (κ3) is 2.58. The SMILES string of the molecule is CC(C)(CN)N1CCN(C2CCCC2)CC1. The summed E-state index contributed by atoms with van der Waals surface area (Å²) in [6, 6.07) is 0.892. The summed E-state index contributed by atoms with van der Waals surface area (Å²) >= 11 is 0. The zero-order valence-corrected chi connectivity index (χ0v) is 10.9. The van der Waals surface area contributed by atoms with Crippen LogP contribution in [0, 0.1) is 0 Å². The summed E-state index contributed by atoms with van der Waals surface area (Å²) in [4.78, 5) is 5.26. The smallest absolute Gasteiger partial charge is 0.0276 e. The van der Waals surface area contributed by atoms with Crippen LogP contribution in [-0.2, 0) is 0 Å². The minimum atomic E-state index is 0.182. The average molecular weight is 225 g/mol. The Morgan fingerprint density at radius 1 is 1.06 bits per heavy atom. The minimum Gasteiger partial charge on any atom is -0.329 e. The van der Waals surface area contributed by atoms with Gasteiger partial charge in [-0.25, -0.2) is 0 Å². The summed E-state index contributed by atoms with van der Waals surface area (Å²) in [5, 5.41) is 0. The predicted molar refractivity (Wildman–Crippen MR) is 68.5 cm³/mol. The number of nitrogens with two attached hydrogens (primary N) is 1. The molecule has 0 amide bonds. The molecule has 1 aliphatic carbocycles. The molecule has 1 aliphatic heterocycles. The molecule has 2 aliphatic rings. The van der Waals surface area contributed by atoms with Gasteiger partial charge >= 0.3 is 0 Å². The van der Waals surface area contributed by atoms with E-state index >= 15 is 0 Å². The summed E-state index contributed by atoms with van der Waals surface area (Å²) < 4.78 is 0. The molecular formula is C13H27N3. The molecule has 94 valence electrons. The molecule has 0 radical (unpaired) electrons. The van der Waals surface area contributed by atoms with Crippen LogP contribution in [0.5, 0.6) is 0 Å². The van der Waals surface area contributed by atoms with E-state index in [1.54, 1.807) is 0 Å². The van der Waals surface area contributed by atoms with Gasteiger partial charge in [0.25, 0.3) is 0 Å². The Kier molecular flexibility index (Phi) is 3.88. The highest BCUT2D eigenvalue weighted by molar-refractivity contribution is 4.88. The van der Waals surface area contributed by atoms with E-state index in [9.17, 15) is 0 Å². The van der Waals surface area contributed by atoms with E-state index in [2.05, 4.69) is 23.6 Å². The second kappa shape index (κ2) is 5.03. The number of piperazine rings is 1. The van der Waals surface area contributed by atoms with E-state index in [4.69, 9.17) is 5.73 Å². The van der Waals surface area contributed by atoms with Gasteiger partial charge in [0.1, 0.15) is 0 Å². The normalized spacial score (nSPS) is 26.4. The second-order valence-corrected chi connectivity index (χ2v) is 5.98. The lowest BCUT2D eigenvalue weighted by molar-refractivity contribution is 0.0389. The molecule has 0 aromatic carbocycles. The molecule has 3 heteroatoms. The van der Waals surface area contributed by atoms with Gasteiger partial charge in [-0.1, -0.05) is 12.8 Å². The molecule has 16 heavy (non-hydrogen) atoms. The lowest BCUT2D eigenvalue weighted by Crippen LogP contribution is -2.58. The van der Waals surface area contributed by atoms with Crippen molar-refractivity contribution < 1.29 is 0 Å². The van der Waals surface area contributed by atoms with Crippen molar-refractivity contribution in [1.82, 2.24) is 9.80 Å². The highest BCUT2D eigenvalue weighted by Gasteiger charge is 2.31. The van der Waals surface area contributed by atoms with Crippen molar-refractivity contribution in [2.24, 2.45) is 5.73 Å². The van der Waals surface area contributed by atoms with Crippen molar-refractivity contribution >= 4 is 0 Å². The fourth-order valence-electron chi connectivity index (χ4n) is 3.09. The Balaban J connectivity index is 1.82. The van der Waals surface area contributed by atoms with Gasteiger partial charge in [-0.2, -0.15) is 0 Å². The molecular weight excluding hydrogens is 198 g/mol. The summed E-state index contributed by atoms with van der Waals surface area (Å²) in [5.74, 6) is 0. The number of hydrogen-bond acceptors (Lipinski definition) is 3. The lowest BCUT2D eigenvalue weighted by atomic mass is 10.0. The summed E-state index contributed by atoms with van der Waals surface area (Å²) in [7, 11) is 0. The van der Waals surface area contributed by atoms with Crippen LogP contribution in [0.2, 0.25) is 0 Å². The Morgan fingerprint density at radius 3 is 2.12 bits per heavy atom. The molecule has 2 N–H and O–H groups in total. The number of rotatable bonds is 3. The molecule has 0 unspecified atom stereocenters. The molecule has 2 fully saturated rings. The van der Waals surface area contributed by atoms with Gasteiger partial charge in [-0.05, 0) is 26.7 Å². The van der Waals surface area contributed by atoms with Crippen molar-refractivity contribution in [3.05, 3.63) is 0 Å². The highest BCUT2D eigenvalue weighted by atomic mass is 15.3. The minimum absolute atomic E-state index is 0.182. The summed E-state index contributed by atoms with van der Waals surface area (Å²) in [6.07, 6.45) is 5.75. The maximum Gasteiger partial charge on any atom is 0.0276 e. The van der Waals surface area contributed by atoms with Crippen molar-refractivity contribution in [2.75, 3.05) is 32.7 Å². The van der Waals surface area contributed by atoms with Gasteiger partial charge in [-0.3, -0.25) is 9.80 Å². The first-order valence-corrected chi connectivity index (χ1v) is 6.83. The first kappa shape index (κ1) is 12.3. The van der Waals surface area contributed by atoms with Crippen LogP contribution in [0.25, 0.3) is 0 Å². The molecule has 2 rings (SSSR count). The maximum absolute atomic E-state index is 5.84. The topological polar surface area (TPSA) is 32.5 Å². The van der Waals surface area contributed by atoms with E-state index in [0.29, 0.717) is 0 Å². The quantitative estimate of drug-likeness (QED) is 0.785. The molecule has 1 saturated carbocycles. The van der Waals surface area contributed by atoms with Crippen molar-refractivity contribution in [2.45, 2.75) is 51.1 Å². The first-order chi connectivity index (χ1) is 7.63. The van der Waals surface area contributed by atoms with E-state index in [-0.39, 0.29) is 5.54 Å². The van der Waals surface area contributed by atoms with E-state index < -0.39 is 0 Å². The Bertz CT molecular complexity index is 213. The van der Waals surface area contributed by atoms with Crippen LogP contribution in [0.1, 0.15) is 39.5 Å². The monoisotopic (exact) mass is 225 g/mol. The van der Waals surface area contributed by atoms with Crippen molar-refractivity contribution in [1.29, 1.82) is 0 Å².